The summed E-state index contributed by atoms with van der Waals surface area (Å²) >= 11 is 5.98. The zero-order chi connectivity index (χ0) is 15.6. The monoisotopic (exact) mass is 309 g/mol. The quantitative estimate of drug-likeness (QED) is 0.897. The molecule has 1 heterocycles. The van der Waals surface area contributed by atoms with Crippen LogP contribution in [0, 0.1) is 5.92 Å². The van der Waals surface area contributed by atoms with Crippen molar-refractivity contribution in [2.45, 2.75) is 19.4 Å². The van der Waals surface area contributed by atoms with Crippen molar-refractivity contribution in [3.63, 3.8) is 0 Å². The molecule has 0 saturated carbocycles. The molecule has 0 radical (unpaired) electrons. The van der Waals surface area contributed by atoms with Crippen LogP contribution in [0.5, 0.6) is 0 Å². The first-order chi connectivity index (χ1) is 9.90. The molecule has 1 fully saturated rings. The van der Waals surface area contributed by atoms with Crippen LogP contribution in [0.25, 0.3) is 0 Å². The molecule has 2 atom stereocenters. The van der Waals surface area contributed by atoms with Gasteiger partial charge in [0.1, 0.15) is 0 Å². The normalized spacial score (nSPS) is 21.1. The SMILES string of the molecule is CC1NCCC1C(=O)Nc1cc(Cl)ccc1C(=O)N(C)C. The minimum atomic E-state index is -0.167. The lowest BCUT2D eigenvalue weighted by molar-refractivity contribution is -0.120. The topological polar surface area (TPSA) is 61.4 Å². The Bertz CT molecular complexity index is 560. The van der Waals surface area contributed by atoms with Gasteiger partial charge >= 0.3 is 0 Å². The van der Waals surface area contributed by atoms with Crippen LogP contribution in [0.4, 0.5) is 5.69 Å². The predicted octanol–water partition coefficient (Wildman–Crippen LogP) is 1.98. The van der Waals surface area contributed by atoms with Crippen molar-refractivity contribution < 1.29 is 9.59 Å². The summed E-state index contributed by atoms with van der Waals surface area (Å²) in [7, 11) is 3.34. The molecular formula is C15H20ClN3O2. The largest absolute Gasteiger partial charge is 0.345 e. The predicted molar refractivity (Wildman–Crippen MR) is 83.7 cm³/mol. The first-order valence-electron chi connectivity index (χ1n) is 6.95. The molecule has 21 heavy (non-hydrogen) atoms. The van der Waals surface area contributed by atoms with Gasteiger partial charge in [-0.25, -0.2) is 0 Å². The van der Waals surface area contributed by atoms with Gasteiger partial charge in [0.15, 0.2) is 0 Å². The Kier molecular flexibility index (Phi) is 4.85. The number of anilines is 1. The van der Waals surface area contributed by atoms with E-state index >= 15 is 0 Å². The van der Waals surface area contributed by atoms with E-state index < -0.39 is 0 Å². The summed E-state index contributed by atoms with van der Waals surface area (Å²) in [4.78, 5) is 26.0. The first kappa shape index (κ1) is 15.8. The molecule has 0 aromatic heterocycles. The first-order valence-corrected chi connectivity index (χ1v) is 7.33. The molecule has 1 aliphatic heterocycles. The Morgan fingerprint density at radius 3 is 2.67 bits per heavy atom. The van der Waals surface area contributed by atoms with Crippen molar-refractivity contribution in [2.75, 3.05) is 26.0 Å². The van der Waals surface area contributed by atoms with Gasteiger partial charge in [0, 0.05) is 25.2 Å². The number of hydrogen-bond acceptors (Lipinski definition) is 3. The fourth-order valence-corrected chi connectivity index (χ4v) is 2.66. The van der Waals surface area contributed by atoms with E-state index in [0.29, 0.717) is 16.3 Å². The minimum Gasteiger partial charge on any atom is -0.345 e. The van der Waals surface area contributed by atoms with Gasteiger partial charge in [-0.1, -0.05) is 11.6 Å². The summed E-state index contributed by atoms with van der Waals surface area (Å²) in [5.74, 6) is -0.339. The molecule has 2 unspecified atom stereocenters. The van der Waals surface area contributed by atoms with Crippen LogP contribution < -0.4 is 10.6 Å². The van der Waals surface area contributed by atoms with Crippen LogP contribution in [-0.4, -0.2) is 43.4 Å². The molecule has 2 amide bonds. The number of hydrogen-bond donors (Lipinski definition) is 2. The number of nitrogens with zero attached hydrogens (tertiary/aromatic N) is 1. The second-order valence-electron chi connectivity index (χ2n) is 5.52. The third kappa shape index (κ3) is 3.54. The van der Waals surface area contributed by atoms with Gasteiger partial charge in [-0.05, 0) is 38.1 Å². The standard InChI is InChI=1S/C15H20ClN3O2/c1-9-11(6-7-17-9)14(20)18-13-8-10(16)4-5-12(13)15(21)19(2)3/h4-5,8-9,11,17H,6-7H2,1-3H3,(H,18,20). The average Bonchev–Trinajstić information content (AvgIpc) is 2.84. The molecule has 2 rings (SSSR count). The number of nitrogens with one attached hydrogen (secondary N) is 2. The second kappa shape index (κ2) is 6.45. The fraction of sp³-hybridized carbons (Fsp3) is 0.467. The van der Waals surface area contributed by atoms with E-state index in [2.05, 4.69) is 10.6 Å². The Morgan fingerprint density at radius 1 is 1.38 bits per heavy atom. The maximum atomic E-state index is 12.4. The van der Waals surface area contributed by atoms with Gasteiger partial charge in [0.2, 0.25) is 5.91 Å². The number of benzene rings is 1. The summed E-state index contributed by atoms with van der Waals surface area (Å²) < 4.78 is 0. The van der Waals surface area contributed by atoms with Crippen molar-refractivity contribution in [1.29, 1.82) is 0 Å². The molecule has 1 aromatic rings. The summed E-state index contributed by atoms with van der Waals surface area (Å²) in [5, 5.41) is 6.57. The van der Waals surface area contributed by atoms with Crippen LogP contribution in [0.2, 0.25) is 5.02 Å². The van der Waals surface area contributed by atoms with Gasteiger partial charge in [-0.15, -0.1) is 0 Å². The molecule has 6 heteroatoms. The van der Waals surface area contributed by atoms with Crippen LogP contribution in [0.1, 0.15) is 23.7 Å². The maximum Gasteiger partial charge on any atom is 0.255 e. The summed E-state index contributed by atoms with van der Waals surface area (Å²) in [5.41, 5.74) is 0.904. The molecule has 114 valence electrons. The van der Waals surface area contributed by atoms with Gasteiger partial charge < -0.3 is 15.5 Å². The second-order valence-corrected chi connectivity index (χ2v) is 5.95. The summed E-state index contributed by atoms with van der Waals surface area (Å²) in [6.07, 6.45) is 0.796. The molecule has 0 aliphatic carbocycles. The van der Waals surface area contributed by atoms with Crippen molar-refractivity contribution in [1.82, 2.24) is 10.2 Å². The molecular weight excluding hydrogens is 290 g/mol. The number of amides is 2. The van der Waals surface area contributed by atoms with E-state index in [1.165, 1.54) is 4.90 Å². The molecule has 5 nitrogen and oxygen atoms in total. The fourth-order valence-electron chi connectivity index (χ4n) is 2.49. The zero-order valence-corrected chi connectivity index (χ0v) is 13.2. The van der Waals surface area contributed by atoms with Crippen LogP contribution in [0.15, 0.2) is 18.2 Å². The maximum absolute atomic E-state index is 12.4. The Labute approximate surface area is 129 Å². The smallest absolute Gasteiger partial charge is 0.255 e. The Balaban J connectivity index is 2.24. The number of carbonyl (C=O) groups is 2. The Hall–Kier alpha value is -1.59. The lowest BCUT2D eigenvalue weighted by Gasteiger charge is -2.18. The average molecular weight is 310 g/mol. The third-order valence-electron chi connectivity index (χ3n) is 3.74. The molecule has 1 saturated heterocycles. The molecule has 1 aliphatic rings. The molecule has 2 N–H and O–H groups in total. The lowest BCUT2D eigenvalue weighted by Crippen LogP contribution is -2.33. The van der Waals surface area contributed by atoms with E-state index in [1.54, 1.807) is 32.3 Å². The van der Waals surface area contributed by atoms with Gasteiger partial charge in [-0.3, -0.25) is 9.59 Å². The van der Waals surface area contributed by atoms with Crippen molar-refractivity contribution in [3.05, 3.63) is 28.8 Å². The van der Waals surface area contributed by atoms with E-state index in [1.807, 2.05) is 6.92 Å². The number of carbonyl (C=O) groups excluding carboxylic acids is 2. The van der Waals surface area contributed by atoms with E-state index in [-0.39, 0.29) is 23.8 Å². The van der Waals surface area contributed by atoms with Crippen LogP contribution >= 0.6 is 11.6 Å². The third-order valence-corrected chi connectivity index (χ3v) is 3.97. The highest BCUT2D eigenvalue weighted by molar-refractivity contribution is 6.31. The van der Waals surface area contributed by atoms with Gasteiger partial charge in [0.25, 0.3) is 5.91 Å². The van der Waals surface area contributed by atoms with E-state index in [9.17, 15) is 9.59 Å². The number of rotatable bonds is 3. The van der Waals surface area contributed by atoms with Crippen molar-refractivity contribution in [2.24, 2.45) is 5.92 Å². The summed E-state index contributed by atoms with van der Waals surface area (Å²) in [6.45, 7) is 2.82. The lowest BCUT2D eigenvalue weighted by atomic mass is 10.0. The number of halogens is 1. The zero-order valence-electron chi connectivity index (χ0n) is 12.4. The van der Waals surface area contributed by atoms with Crippen LogP contribution in [0.3, 0.4) is 0 Å². The Morgan fingerprint density at radius 2 is 2.10 bits per heavy atom. The van der Waals surface area contributed by atoms with E-state index in [4.69, 9.17) is 11.6 Å². The highest BCUT2D eigenvalue weighted by atomic mass is 35.5. The molecule has 1 aromatic carbocycles. The van der Waals surface area contributed by atoms with Crippen molar-refractivity contribution >= 4 is 29.1 Å². The highest BCUT2D eigenvalue weighted by Gasteiger charge is 2.30. The van der Waals surface area contributed by atoms with Gasteiger partial charge in [-0.2, -0.15) is 0 Å². The van der Waals surface area contributed by atoms with Gasteiger partial charge in [0.05, 0.1) is 17.2 Å². The summed E-state index contributed by atoms with van der Waals surface area (Å²) in [6, 6.07) is 5.03. The van der Waals surface area contributed by atoms with Crippen molar-refractivity contribution in [3.8, 4) is 0 Å². The molecule has 0 spiro atoms. The minimum absolute atomic E-state index is 0.0810. The molecule has 0 bridgehead atoms. The van der Waals surface area contributed by atoms with E-state index in [0.717, 1.165) is 13.0 Å². The highest BCUT2D eigenvalue weighted by Crippen LogP contribution is 2.24. The van der Waals surface area contributed by atoms with Crippen LogP contribution in [-0.2, 0) is 4.79 Å².